The van der Waals surface area contributed by atoms with E-state index in [9.17, 15) is 4.79 Å². The lowest BCUT2D eigenvalue weighted by molar-refractivity contribution is 0.112. The van der Waals surface area contributed by atoms with Gasteiger partial charge in [0.05, 0.1) is 0 Å². The summed E-state index contributed by atoms with van der Waals surface area (Å²) >= 11 is 0. The molecule has 0 amide bonds. The number of aldehydes is 1. The summed E-state index contributed by atoms with van der Waals surface area (Å²) in [5.74, 6) is 0.635. The van der Waals surface area contributed by atoms with Gasteiger partial charge in [-0.1, -0.05) is 32.1 Å². The lowest BCUT2D eigenvalue weighted by Gasteiger charge is -2.10. The summed E-state index contributed by atoms with van der Waals surface area (Å²) in [6.07, 6.45) is 4.67. The van der Waals surface area contributed by atoms with Gasteiger partial charge in [-0.05, 0) is 36.0 Å². The Hall–Kier alpha value is -1.37. The molecule has 1 nitrogen and oxygen atoms in total. The second-order valence-corrected chi connectivity index (χ2v) is 4.24. The third kappa shape index (κ3) is 3.35. The monoisotopic (exact) mass is 202 g/mol. The van der Waals surface area contributed by atoms with Crippen LogP contribution >= 0.6 is 0 Å². The van der Waals surface area contributed by atoms with Crippen molar-refractivity contribution in [1.82, 2.24) is 0 Å². The highest BCUT2D eigenvalue weighted by molar-refractivity contribution is 5.75. The number of allylic oxidation sites excluding steroid dienone is 1. The molecule has 0 heterocycles. The lowest BCUT2D eigenvalue weighted by Crippen LogP contribution is -2.00. The van der Waals surface area contributed by atoms with E-state index in [1.165, 1.54) is 11.1 Å². The molecule has 0 aromatic heterocycles. The van der Waals surface area contributed by atoms with Gasteiger partial charge < -0.3 is 0 Å². The van der Waals surface area contributed by atoms with E-state index in [2.05, 4.69) is 26.5 Å². The summed E-state index contributed by atoms with van der Waals surface area (Å²) in [6, 6.07) is 5.91. The van der Waals surface area contributed by atoms with Crippen molar-refractivity contribution in [2.75, 3.05) is 0 Å². The van der Waals surface area contributed by atoms with Gasteiger partial charge in [0, 0.05) is 5.56 Å². The number of rotatable bonds is 5. The van der Waals surface area contributed by atoms with Gasteiger partial charge in [0.2, 0.25) is 0 Å². The van der Waals surface area contributed by atoms with Gasteiger partial charge in [0.15, 0.2) is 0 Å². The van der Waals surface area contributed by atoms with Crippen LogP contribution < -0.4 is 0 Å². The van der Waals surface area contributed by atoms with Crippen molar-refractivity contribution in [1.29, 1.82) is 0 Å². The zero-order valence-electron chi connectivity index (χ0n) is 9.49. The molecule has 1 heteroatoms. The SMILES string of the molecule is C=CCc1cc(C=O)ccc1CC(C)C. The molecule has 0 aliphatic carbocycles. The predicted octanol–water partition coefficient (Wildman–Crippen LogP) is 3.43. The Labute approximate surface area is 91.8 Å². The first-order valence-corrected chi connectivity index (χ1v) is 5.35. The van der Waals surface area contributed by atoms with Crippen LogP contribution in [0.5, 0.6) is 0 Å². The minimum atomic E-state index is 0.635. The van der Waals surface area contributed by atoms with E-state index in [1.54, 1.807) is 0 Å². The summed E-state index contributed by atoms with van der Waals surface area (Å²) in [4.78, 5) is 10.7. The Morgan fingerprint density at radius 1 is 1.33 bits per heavy atom. The maximum absolute atomic E-state index is 10.7. The molecule has 15 heavy (non-hydrogen) atoms. The first-order chi connectivity index (χ1) is 7.17. The maximum Gasteiger partial charge on any atom is 0.150 e. The topological polar surface area (TPSA) is 17.1 Å². The molecule has 0 atom stereocenters. The molecule has 0 saturated carbocycles. The van der Waals surface area contributed by atoms with E-state index in [1.807, 2.05) is 18.2 Å². The molecule has 0 fully saturated rings. The van der Waals surface area contributed by atoms with Crippen molar-refractivity contribution in [3.63, 3.8) is 0 Å². The predicted molar refractivity (Wildman–Crippen MR) is 64.3 cm³/mol. The van der Waals surface area contributed by atoms with E-state index in [4.69, 9.17) is 0 Å². The third-order valence-corrected chi connectivity index (χ3v) is 2.36. The lowest BCUT2D eigenvalue weighted by atomic mass is 9.95. The van der Waals surface area contributed by atoms with Crippen molar-refractivity contribution in [3.8, 4) is 0 Å². The summed E-state index contributed by atoms with van der Waals surface area (Å²) in [7, 11) is 0. The van der Waals surface area contributed by atoms with Crippen LogP contribution in [0.15, 0.2) is 30.9 Å². The van der Waals surface area contributed by atoms with Gasteiger partial charge >= 0.3 is 0 Å². The standard InChI is InChI=1S/C14H18O/c1-4-5-13-9-12(10-15)6-7-14(13)8-11(2)3/h4,6-7,9-11H,1,5,8H2,2-3H3. The van der Waals surface area contributed by atoms with E-state index >= 15 is 0 Å². The Kier molecular flexibility index (Phi) is 4.29. The van der Waals surface area contributed by atoms with Crippen LogP contribution in [0.25, 0.3) is 0 Å². The molecule has 0 bridgehead atoms. The van der Waals surface area contributed by atoms with Gasteiger partial charge in [-0.3, -0.25) is 4.79 Å². The molecule has 0 saturated heterocycles. The van der Waals surface area contributed by atoms with E-state index in [0.717, 1.165) is 24.7 Å². The van der Waals surface area contributed by atoms with E-state index in [0.29, 0.717) is 5.92 Å². The van der Waals surface area contributed by atoms with Gasteiger partial charge in [-0.25, -0.2) is 0 Å². The van der Waals surface area contributed by atoms with Gasteiger partial charge in [0.25, 0.3) is 0 Å². The van der Waals surface area contributed by atoms with Crippen LogP contribution in [-0.4, -0.2) is 6.29 Å². The second kappa shape index (κ2) is 5.50. The summed E-state index contributed by atoms with van der Waals surface area (Å²) in [5.41, 5.74) is 3.30. The molecule has 0 radical (unpaired) electrons. The zero-order valence-corrected chi connectivity index (χ0v) is 9.49. The van der Waals surface area contributed by atoms with Crippen LogP contribution in [0.1, 0.15) is 35.3 Å². The van der Waals surface area contributed by atoms with Crippen molar-refractivity contribution < 1.29 is 4.79 Å². The highest BCUT2D eigenvalue weighted by atomic mass is 16.1. The van der Waals surface area contributed by atoms with Crippen LogP contribution in [0.3, 0.4) is 0 Å². The summed E-state index contributed by atoms with van der Waals surface area (Å²) in [5, 5.41) is 0. The first-order valence-electron chi connectivity index (χ1n) is 5.35. The largest absolute Gasteiger partial charge is 0.298 e. The Morgan fingerprint density at radius 3 is 2.60 bits per heavy atom. The number of benzene rings is 1. The van der Waals surface area contributed by atoms with Crippen LogP contribution in [0.2, 0.25) is 0 Å². The van der Waals surface area contributed by atoms with Crippen LogP contribution in [0, 0.1) is 5.92 Å². The van der Waals surface area contributed by atoms with E-state index in [-0.39, 0.29) is 0 Å². The third-order valence-electron chi connectivity index (χ3n) is 2.36. The molecule has 0 spiro atoms. The Balaban J connectivity index is 3.02. The fraction of sp³-hybridized carbons (Fsp3) is 0.357. The van der Waals surface area contributed by atoms with Gasteiger partial charge in [-0.2, -0.15) is 0 Å². The fourth-order valence-corrected chi connectivity index (χ4v) is 1.70. The second-order valence-electron chi connectivity index (χ2n) is 4.24. The molecule has 0 unspecified atom stereocenters. The smallest absolute Gasteiger partial charge is 0.150 e. The Bertz CT molecular complexity index is 350. The van der Waals surface area contributed by atoms with Crippen molar-refractivity contribution >= 4 is 6.29 Å². The molecular formula is C14H18O. The average Bonchev–Trinajstić information content (AvgIpc) is 2.20. The van der Waals surface area contributed by atoms with Crippen LogP contribution in [0.4, 0.5) is 0 Å². The molecular weight excluding hydrogens is 184 g/mol. The summed E-state index contributed by atoms with van der Waals surface area (Å²) < 4.78 is 0. The molecule has 1 rings (SSSR count). The average molecular weight is 202 g/mol. The zero-order chi connectivity index (χ0) is 11.3. The number of carbonyl (C=O) groups excluding carboxylic acids is 1. The molecule has 1 aromatic carbocycles. The van der Waals surface area contributed by atoms with Gasteiger partial charge in [0.1, 0.15) is 6.29 Å². The minimum absolute atomic E-state index is 0.635. The molecule has 0 aliphatic rings. The quantitative estimate of drug-likeness (QED) is 0.528. The summed E-state index contributed by atoms with van der Waals surface area (Å²) in [6.45, 7) is 8.14. The first kappa shape index (κ1) is 11.7. The molecule has 0 aliphatic heterocycles. The van der Waals surface area contributed by atoms with Gasteiger partial charge in [-0.15, -0.1) is 6.58 Å². The maximum atomic E-state index is 10.7. The highest BCUT2D eigenvalue weighted by Crippen LogP contribution is 2.16. The van der Waals surface area contributed by atoms with Crippen molar-refractivity contribution in [2.45, 2.75) is 26.7 Å². The molecule has 0 N–H and O–H groups in total. The fourth-order valence-electron chi connectivity index (χ4n) is 1.70. The molecule has 1 aromatic rings. The molecule has 80 valence electrons. The number of hydrogen-bond acceptors (Lipinski definition) is 1. The van der Waals surface area contributed by atoms with Crippen molar-refractivity contribution in [2.24, 2.45) is 5.92 Å². The number of hydrogen-bond donors (Lipinski definition) is 0. The van der Waals surface area contributed by atoms with Crippen LogP contribution in [-0.2, 0) is 12.8 Å². The highest BCUT2D eigenvalue weighted by Gasteiger charge is 2.04. The Morgan fingerprint density at radius 2 is 2.07 bits per heavy atom. The van der Waals surface area contributed by atoms with E-state index < -0.39 is 0 Å². The number of carbonyl (C=O) groups is 1. The normalized spacial score (nSPS) is 10.3. The van der Waals surface area contributed by atoms with Crippen molar-refractivity contribution in [3.05, 3.63) is 47.5 Å². The minimum Gasteiger partial charge on any atom is -0.298 e.